The lowest BCUT2D eigenvalue weighted by Crippen LogP contribution is -2.13. The van der Waals surface area contributed by atoms with E-state index in [9.17, 15) is 0 Å². The van der Waals surface area contributed by atoms with E-state index in [1.807, 2.05) is 0 Å². The van der Waals surface area contributed by atoms with Crippen molar-refractivity contribution in [2.45, 2.75) is 39.7 Å². The van der Waals surface area contributed by atoms with Crippen LogP contribution in [0.2, 0.25) is 0 Å². The standard InChI is InChI=1S/C18H23N/c1-4-6-15-7-5-8-16(12-15)18(19)17-11-13(2)9-10-14(17)3/h5,7-12,18H,4,6,19H2,1-3H3. The molecule has 2 aromatic rings. The Kier molecular flexibility index (Phi) is 4.39. The Morgan fingerprint density at radius 1 is 1.05 bits per heavy atom. The quantitative estimate of drug-likeness (QED) is 0.863. The molecule has 2 rings (SSSR count). The molecule has 0 aliphatic carbocycles. The highest BCUT2D eigenvalue weighted by Gasteiger charge is 2.11. The third-order valence-corrected chi connectivity index (χ3v) is 3.62. The summed E-state index contributed by atoms with van der Waals surface area (Å²) < 4.78 is 0. The van der Waals surface area contributed by atoms with Gasteiger partial charge in [0.25, 0.3) is 0 Å². The largest absolute Gasteiger partial charge is 0.320 e. The van der Waals surface area contributed by atoms with Gasteiger partial charge in [0, 0.05) is 0 Å². The summed E-state index contributed by atoms with van der Waals surface area (Å²) in [6.07, 6.45) is 2.29. The average Bonchev–Trinajstić information content (AvgIpc) is 2.41. The van der Waals surface area contributed by atoms with Gasteiger partial charge in [-0.3, -0.25) is 0 Å². The predicted octanol–water partition coefficient (Wildman–Crippen LogP) is 4.30. The second-order valence-electron chi connectivity index (χ2n) is 5.33. The Morgan fingerprint density at radius 2 is 1.84 bits per heavy atom. The zero-order chi connectivity index (χ0) is 13.8. The number of nitrogens with two attached hydrogens (primary N) is 1. The highest BCUT2D eigenvalue weighted by Crippen LogP contribution is 2.24. The van der Waals surface area contributed by atoms with Crippen molar-refractivity contribution in [3.63, 3.8) is 0 Å². The summed E-state index contributed by atoms with van der Waals surface area (Å²) >= 11 is 0. The minimum atomic E-state index is -0.0308. The van der Waals surface area contributed by atoms with Gasteiger partial charge in [0.1, 0.15) is 0 Å². The van der Waals surface area contributed by atoms with E-state index in [-0.39, 0.29) is 6.04 Å². The maximum Gasteiger partial charge on any atom is 0.0554 e. The first-order valence-corrected chi connectivity index (χ1v) is 7.03. The number of hydrogen-bond acceptors (Lipinski definition) is 1. The van der Waals surface area contributed by atoms with Crippen LogP contribution in [0.15, 0.2) is 42.5 Å². The SMILES string of the molecule is CCCc1cccc(C(N)c2cc(C)ccc2C)c1. The Labute approximate surface area is 116 Å². The molecule has 1 heteroatoms. The van der Waals surface area contributed by atoms with Gasteiger partial charge in [0.2, 0.25) is 0 Å². The van der Waals surface area contributed by atoms with Crippen LogP contribution in [-0.4, -0.2) is 0 Å². The van der Waals surface area contributed by atoms with E-state index >= 15 is 0 Å². The molecule has 19 heavy (non-hydrogen) atoms. The highest BCUT2D eigenvalue weighted by molar-refractivity contribution is 5.39. The van der Waals surface area contributed by atoms with Crippen molar-refractivity contribution in [3.8, 4) is 0 Å². The lowest BCUT2D eigenvalue weighted by Gasteiger charge is -2.17. The van der Waals surface area contributed by atoms with Gasteiger partial charge < -0.3 is 5.73 Å². The van der Waals surface area contributed by atoms with E-state index in [2.05, 4.69) is 63.2 Å². The van der Waals surface area contributed by atoms with Crippen molar-refractivity contribution in [3.05, 3.63) is 70.3 Å². The molecule has 0 radical (unpaired) electrons. The summed E-state index contributed by atoms with van der Waals surface area (Å²) in [5.41, 5.74) is 12.8. The molecule has 0 amide bonds. The molecule has 1 atom stereocenters. The summed E-state index contributed by atoms with van der Waals surface area (Å²) in [5.74, 6) is 0. The monoisotopic (exact) mass is 253 g/mol. The average molecular weight is 253 g/mol. The maximum atomic E-state index is 6.45. The van der Waals surface area contributed by atoms with Gasteiger partial charge in [-0.25, -0.2) is 0 Å². The van der Waals surface area contributed by atoms with Crippen LogP contribution in [0.1, 0.15) is 47.2 Å². The van der Waals surface area contributed by atoms with Gasteiger partial charge in [-0.15, -0.1) is 0 Å². The minimum Gasteiger partial charge on any atom is -0.320 e. The summed E-state index contributed by atoms with van der Waals surface area (Å²) in [6, 6.07) is 15.1. The molecule has 0 heterocycles. The molecular weight excluding hydrogens is 230 g/mol. The molecule has 0 spiro atoms. The lowest BCUT2D eigenvalue weighted by molar-refractivity contribution is 0.849. The third kappa shape index (κ3) is 3.24. The fourth-order valence-electron chi connectivity index (χ4n) is 2.51. The van der Waals surface area contributed by atoms with Crippen LogP contribution in [0.3, 0.4) is 0 Å². The maximum absolute atomic E-state index is 6.45. The summed E-state index contributed by atoms with van der Waals surface area (Å²) in [5, 5.41) is 0. The van der Waals surface area contributed by atoms with Crippen LogP contribution < -0.4 is 5.73 Å². The number of hydrogen-bond donors (Lipinski definition) is 1. The van der Waals surface area contributed by atoms with Crippen LogP contribution in [0.4, 0.5) is 0 Å². The molecule has 2 N–H and O–H groups in total. The number of aryl methyl sites for hydroxylation is 3. The fourth-order valence-corrected chi connectivity index (χ4v) is 2.51. The van der Waals surface area contributed by atoms with E-state index < -0.39 is 0 Å². The fraction of sp³-hybridized carbons (Fsp3) is 0.333. The van der Waals surface area contributed by atoms with Crippen LogP contribution >= 0.6 is 0 Å². The topological polar surface area (TPSA) is 26.0 Å². The predicted molar refractivity (Wildman–Crippen MR) is 82.4 cm³/mol. The van der Waals surface area contributed by atoms with E-state index in [1.165, 1.54) is 34.2 Å². The Balaban J connectivity index is 2.35. The van der Waals surface area contributed by atoms with Crippen LogP contribution in [0.5, 0.6) is 0 Å². The molecule has 0 aliphatic heterocycles. The molecule has 1 unspecified atom stereocenters. The van der Waals surface area contributed by atoms with Gasteiger partial charge in [0.05, 0.1) is 6.04 Å². The van der Waals surface area contributed by atoms with E-state index in [0.717, 1.165) is 6.42 Å². The van der Waals surface area contributed by atoms with E-state index in [1.54, 1.807) is 0 Å². The van der Waals surface area contributed by atoms with Crippen molar-refractivity contribution in [1.82, 2.24) is 0 Å². The summed E-state index contributed by atoms with van der Waals surface area (Å²) in [7, 11) is 0. The molecule has 0 saturated heterocycles. The van der Waals surface area contributed by atoms with Crippen molar-refractivity contribution in [1.29, 1.82) is 0 Å². The van der Waals surface area contributed by atoms with E-state index in [0.29, 0.717) is 0 Å². The van der Waals surface area contributed by atoms with Gasteiger partial charge in [-0.1, -0.05) is 61.4 Å². The Hall–Kier alpha value is -1.60. The molecule has 0 aliphatic rings. The molecule has 0 saturated carbocycles. The molecule has 0 aromatic heterocycles. The summed E-state index contributed by atoms with van der Waals surface area (Å²) in [6.45, 7) is 6.45. The van der Waals surface area contributed by atoms with Gasteiger partial charge in [-0.2, -0.15) is 0 Å². The first-order valence-electron chi connectivity index (χ1n) is 7.03. The zero-order valence-electron chi connectivity index (χ0n) is 12.1. The van der Waals surface area contributed by atoms with Crippen molar-refractivity contribution >= 4 is 0 Å². The van der Waals surface area contributed by atoms with E-state index in [4.69, 9.17) is 5.73 Å². The second-order valence-corrected chi connectivity index (χ2v) is 5.33. The summed E-state index contributed by atoms with van der Waals surface area (Å²) in [4.78, 5) is 0. The molecule has 100 valence electrons. The van der Waals surface area contributed by atoms with Gasteiger partial charge >= 0.3 is 0 Å². The van der Waals surface area contributed by atoms with Gasteiger partial charge in [-0.05, 0) is 42.5 Å². The number of benzene rings is 2. The number of rotatable bonds is 4. The molecule has 0 fully saturated rings. The lowest BCUT2D eigenvalue weighted by atomic mass is 9.93. The zero-order valence-corrected chi connectivity index (χ0v) is 12.1. The first-order chi connectivity index (χ1) is 9.11. The second kappa shape index (κ2) is 6.03. The van der Waals surface area contributed by atoms with Crippen LogP contribution in [-0.2, 0) is 6.42 Å². The van der Waals surface area contributed by atoms with Crippen LogP contribution in [0, 0.1) is 13.8 Å². The van der Waals surface area contributed by atoms with Gasteiger partial charge in [0.15, 0.2) is 0 Å². The first kappa shape index (κ1) is 13.8. The molecule has 2 aromatic carbocycles. The van der Waals surface area contributed by atoms with Crippen molar-refractivity contribution in [2.24, 2.45) is 5.73 Å². The molecule has 0 bridgehead atoms. The van der Waals surface area contributed by atoms with Crippen molar-refractivity contribution in [2.75, 3.05) is 0 Å². The highest BCUT2D eigenvalue weighted by atomic mass is 14.6. The normalized spacial score (nSPS) is 12.4. The smallest absolute Gasteiger partial charge is 0.0554 e. The Morgan fingerprint density at radius 3 is 2.58 bits per heavy atom. The minimum absolute atomic E-state index is 0.0308. The third-order valence-electron chi connectivity index (χ3n) is 3.62. The Bertz CT molecular complexity index is 557. The van der Waals surface area contributed by atoms with Crippen molar-refractivity contribution < 1.29 is 0 Å². The molecular formula is C18H23N. The molecule has 1 nitrogen and oxygen atoms in total. The van der Waals surface area contributed by atoms with Crippen LogP contribution in [0.25, 0.3) is 0 Å².